The first-order valence-corrected chi connectivity index (χ1v) is 12.7. The lowest BCUT2D eigenvalue weighted by molar-refractivity contribution is -0.136. The monoisotopic (exact) mass is 525 g/mol. The van der Waals surface area contributed by atoms with Gasteiger partial charge in [-0.3, -0.25) is 4.79 Å². The lowest BCUT2D eigenvalue weighted by atomic mass is 9.91. The summed E-state index contributed by atoms with van der Waals surface area (Å²) >= 11 is 0. The maximum Gasteiger partial charge on any atom is 0.307 e. The van der Waals surface area contributed by atoms with Gasteiger partial charge in [-0.1, -0.05) is 30.3 Å². The van der Waals surface area contributed by atoms with E-state index in [2.05, 4.69) is 4.98 Å². The molecule has 5 aromatic rings. The number of rotatable bonds is 5. The van der Waals surface area contributed by atoms with Crippen molar-refractivity contribution in [2.24, 2.45) is 0 Å². The summed E-state index contributed by atoms with van der Waals surface area (Å²) in [5, 5.41) is 14.6. The van der Waals surface area contributed by atoms with Crippen molar-refractivity contribution in [1.29, 1.82) is 0 Å². The van der Waals surface area contributed by atoms with E-state index in [-0.39, 0.29) is 18.0 Å². The van der Waals surface area contributed by atoms with Gasteiger partial charge in [-0.2, -0.15) is 5.10 Å². The number of hydrogen-bond acceptors (Lipinski definition) is 4. The highest BCUT2D eigenvalue weighted by Gasteiger charge is 2.26. The molecule has 0 saturated heterocycles. The zero-order valence-electron chi connectivity index (χ0n) is 21.5. The first-order valence-electron chi connectivity index (χ1n) is 12.7. The number of aliphatic carboxylic acids is 1. The van der Waals surface area contributed by atoms with Gasteiger partial charge in [0.15, 0.2) is 17.2 Å². The van der Waals surface area contributed by atoms with E-state index < -0.39 is 11.8 Å². The minimum Gasteiger partial charge on any atom is -0.490 e. The van der Waals surface area contributed by atoms with Crippen molar-refractivity contribution < 1.29 is 23.4 Å². The van der Waals surface area contributed by atoms with Crippen LogP contribution in [0.4, 0.5) is 8.78 Å². The molecule has 0 saturated carbocycles. The molecule has 0 spiro atoms. The largest absolute Gasteiger partial charge is 0.490 e. The standard InChI is InChI=1S/C31H25F2N3O3/c1-17-23-10-5-11-39-31(23)26(33)14-24(17)30-25(15-29(37)38)18(2)34-28-16-27(35-36(28)30)21-8-3-6-19(12-21)20-7-4-9-22(32)13-20/h3-4,6-9,12-14,16H,5,10-11,15H2,1-2H3,(H,37,38). The van der Waals surface area contributed by atoms with E-state index in [1.165, 1.54) is 18.2 Å². The van der Waals surface area contributed by atoms with Crippen LogP contribution in [0.2, 0.25) is 0 Å². The van der Waals surface area contributed by atoms with Crippen molar-refractivity contribution in [3.05, 3.63) is 94.7 Å². The number of benzene rings is 3. The van der Waals surface area contributed by atoms with Crippen molar-refractivity contribution in [2.45, 2.75) is 33.1 Å². The van der Waals surface area contributed by atoms with Crippen LogP contribution in [0, 0.1) is 25.5 Å². The van der Waals surface area contributed by atoms with Gasteiger partial charge in [-0.05, 0) is 67.6 Å². The van der Waals surface area contributed by atoms with E-state index in [0.717, 1.165) is 34.2 Å². The minimum atomic E-state index is -1.02. The molecule has 3 heterocycles. The Morgan fingerprint density at radius 3 is 2.54 bits per heavy atom. The molecule has 3 aromatic carbocycles. The first-order chi connectivity index (χ1) is 18.8. The smallest absolute Gasteiger partial charge is 0.307 e. The number of fused-ring (bicyclic) bond motifs is 2. The number of nitrogens with zero attached hydrogens (tertiary/aromatic N) is 3. The van der Waals surface area contributed by atoms with E-state index in [4.69, 9.17) is 9.84 Å². The molecule has 196 valence electrons. The number of carboxylic acids is 1. The van der Waals surface area contributed by atoms with Gasteiger partial charge in [-0.25, -0.2) is 18.3 Å². The van der Waals surface area contributed by atoms with Crippen molar-refractivity contribution in [1.82, 2.24) is 14.6 Å². The summed E-state index contributed by atoms with van der Waals surface area (Å²) in [5.41, 5.74) is 7.14. The predicted octanol–water partition coefficient (Wildman–Crippen LogP) is 6.58. The van der Waals surface area contributed by atoms with Crippen molar-refractivity contribution >= 4 is 11.6 Å². The lowest BCUT2D eigenvalue weighted by Gasteiger charge is -2.23. The minimum absolute atomic E-state index is 0.264. The number of ether oxygens (including phenoxy) is 1. The highest BCUT2D eigenvalue weighted by Crippen LogP contribution is 2.39. The maximum absolute atomic E-state index is 15.3. The maximum atomic E-state index is 15.3. The molecule has 0 fully saturated rings. The Kier molecular flexibility index (Phi) is 6.10. The van der Waals surface area contributed by atoms with E-state index in [9.17, 15) is 14.3 Å². The summed E-state index contributed by atoms with van der Waals surface area (Å²) in [4.78, 5) is 16.5. The molecule has 2 aromatic heterocycles. The van der Waals surface area contributed by atoms with E-state index in [0.29, 0.717) is 46.9 Å². The fourth-order valence-electron chi connectivity index (χ4n) is 5.36. The molecule has 6 rings (SSSR count). The third-order valence-corrected chi connectivity index (χ3v) is 7.24. The highest BCUT2D eigenvalue weighted by atomic mass is 19.1. The average Bonchev–Trinajstić information content (AvgIpc) is 3.35. The molecule has 0 amide bonds. The predicted molar refractivity (Wildman–Crippen MR) is 144 cm³/mol. The highest BCUT2D eigenvalue weighted by molar-refractivity contribution is 5.80. The van der Waals surface area contributed by atoms with Crippen molar-refractivity contribution in [3.8, 4) is 39.4 Å². The number of aryl methyl sites for hydroxylation is 1. The molecule has 1 aliphatic heterocycles. The molecule has 39 heavy (non-hydrogen) atoms. The summed E-state index contributed by atoms with van der Waals surface area (Å²) < 4.78 is 36.4. The Morgan fingerprint density at radius 2 is 1.77 bits per heavy atom. The molecule has 0 atom stereocenters. The van der Waals surface area contributed by atoms with Crippen LogP contribution in [0.3, 0.4) is 0 Å². The number of carbonyl (C=O) groups is 1. The second kappa shape index (κ2) is 9.62. The molecule has 0 radical (unpaired) electrons. The Balaban J connectivity index is 1.58. The van der Waals surface area contributed by atoms with Crippen LogP contribution in [0.15, 0.2) is 60.7 Å². The van der Waals surface area contributed by atoms with Crippen LogP contribution in [0.5, 0.6) is 5.75 Å². The van der Waals surface area contributed by atoms with Gasteiger partial charge < -0.3 is 9.84 Å². The topological polar surface area (TPSA) is 76.7 Å². The Morgan fingerprint density at radius 1 is 1.03 bits per heavy atom. The SMILES string of the molecule is Cc1nc2cc(-c3cccc(-c4cccc(F)c4)c3)nn2c(-c2cc(F)c3c(c2C)CCCO3)c1CC(=O)O. The van der Waals surface area contributed by atoms with Gasteiger partial charge in [0.25, 0.3) is 0 Å². The Labute approximate surface area is 223 Å². The number of halogens is 2. The van der Waals surface area contributed by atoms with Crippen molar-refractivity contribution in [3.63, 3.8) is 0 Å². The van der Waals surface area contributed by atoms with Crippen molar-refractivity contribution in [2.75, 3.05) is 6.61 Å². The molecule has 0 unspecified atom stereocenters. The summed E-state index contributed by atoms with van der Waals surface area (Å²) in [7, 11) is 0. The molecule has 1 N–H and O–H groups in total. The molecule has 0 bridgehead atoms. The van der Waals surface area contributed by atoms with Crippen LogP contribution in [-0.2, 0) is 17.6 Å². The number of aromatic nitrogens is 3. The van der Waals surface area contributed by atoms with Crippen LogP contribution in [0.25, 0.3) is 39.3 Å². The van der Waals surface area contributed by atoms with Gasteiger partial charge in [0.1, 0.15) is 5.82 Å². The fraction of sp³-hybridized carbons (Fsp3) is 0.194. The third kappa shape index (κ3) is 4.41. The molecular formula is C31H25F2N3O3. The first kappa shape index (κ1) is 24.7. The van der Waals surface area contributed by atoms with E-state index in [1.54, 1.807) is 17.5 Å². The summed E-state index contributed by atoms with van der Waals surface area (Å²) in [6.45, 7) is 4.12. The van der Waals surface area contributed by atoms with Gasteiger partial charge in [-0.15, -0.1) is 0 Å². The molecule has 8 heteroatoms. The quantitative estimate of drug-likeness (QED) is 0.281. The van der Waals surface area contributed by atoms with Crippen LogP contribution < -0.4 is 4.74 Å². The van der Waals surface area contributed by atoms with Gasteiger partial charge in [0.2, 0.25) is 0 Å². The summed E-state index contributed by atoms with van der Waals surface area (Å²) in [5.74, 6) is -1.56. The number of hydrogen-bond donors (Lipinski definition) is 1. The second-order valence-electron chi connectivity index (χ2n) is 9.78. The fourth-order valence-corrected chi connectivity index (χ4v) is 5.36. The van der Waals surface area contributed by atoms with Gasteiger partial charge in [0, 0.05) is 34.0 Å². The van der Waals surface area contributed by atoms with Crippen LogP contribution in [0.1, 0.15) is 28.8 Å². The number of carboxylic acid groups (broad SMARTS) is 1. The third-order valence-electron chi connectivity index (χ3n) is 7.24. The zero-order chi connectivity index (χ0) is 27.3. The summed E-state index contributed by atoms with van der Waals surface area (Å²) in [6.07, 6.45) is 1.16. The lowest BCUT2D eigenvalue weighted by Crippen LogP contribution is -2.14. The molecule has 6 nitrogen and oxygen atoms in total. The Hall–Kier alpha value is -4.59. The molecule has 0 aliphatic carbocycles. The van der Waals surface area contributed by atoms with E-state index in [1.807, 2.05) is 43.3 Å². The van der Waals surface area contributed by atoms with Crippen LogP contribution >= 0.6 is 0 Å². The Bertz CT molecular complexity index is 1780. The normalized spacial score (nSPS) is 12.8. The molecular weight excluding hydrogens is 500 g/mol. The summed E-state index contributed by atoms with van der Waals surface area (Å²) in [6, 6.07) is 17.2. The average molecular weight is 526 g/mol. The molecule has 1 aliphatic rings. The van der Waals surface area contributed by atoms with E-state index >= 15 is 4.39 Å². The second-order valence-corrected chi connectivity index (χ2v) is 9.78. The zero-order valence-corrected chi connectivity index (χ0v) is 21.5. The van der Waals surface area contributed by atoms with Gasteiger partial charge >= 0.3 is 5.97 Å². The van der Waals surface area contributed by atoms with Gasteiger partial charge in [0.05, 0.1) is 24.4 Å². The van der Waals surface area contributed by atoms with Crippen LogP contribution in [-0.4, -0.2) is 32.3 Å².